The van der Waals surface area contributed by atoms with Gasteiger partial charge in [0.1, 0.15) is 17.6 Å². The Kier molecular flexibility index (Phi) is 6.47. The number of β-amino-alcohol motifs (C(OH)–C–C–N with tert-alkyl or cyclic N) is 1. The molecule has 2 aromatic rings. The molecule has 34 heavy (non-hydrogen) atoms. The average Bonchev–Trinajstić information content (AvgIpc) is 3.23. The van der Waals surface area contributed by atoms with Gasteiger partial charge in [0, 0.05) is 49.4 Å². The lowest BCUT2D eigenvalue weighted by Crippen LogP contribution is -2.58. The number of fused-ring (bicyclic) bond motifs is 2. The fourth-order valence-electron chi connectivity index (χ4n) is 4.95. The zero-order valence-electron chi connectivity index (χ0n) is 18.9. The number of carbonyl (C=O) groups excluding carboxylic acids is 1. The third-order valence-electron chi connectivity index (χ3n) is 6.84. The predicted octanol–water partition coefficient (Wildman–Crippen LogP) is 2.59. The lowest BCUT2D eigenvalue weighted by atomic mass is 10.0. The minimum Gasteiger partial charge on any atom is -0.495 e. The van der Waals surface area contributed by atoms with Crippen LogP contribution in [0.2, 0.25) is 5.02 Å². The van der Waals surface area contributed by atoms with Crippen molar-refractivity contribution in [3.8, 4) is 17.6 Å². The molecule has 2 aromatic carbocycles. The van der Waals surface area contributed by atoms with Gasteiger partial charge in [0.15, 0.2) is 6.61 Å². The van der Waals surface area contributed by atoms with Crippen molar-refractivity contribution in [1.29, 1.82) is 5.26 Å². The number of aliphatic hydroxyl groups is 1. The number of Topliss-reactive ketones (excluding diaryl/α,β-unsaturated/α-hetero) is 1. The van der Waals surface area contributed by atoms with Crippen LogP contribution in [0.15, 0.2) is 30.3 Å². The summed E-state index contributed by atoms with van der Waals surface area (Å²) < 4.78 is 16.9. The zero-order valence-corrected chi connectivity index (χ0v) is 19.6. The van der Waals surface area contributed by atoms with Crippen molar-refractivity contribution < 1.29 is 24.1 Å². The Labute approximate surface area is 203 Å². The quantitative estimate of drug-likeness (QED) is 0.693. The van der Waals surface area contributed by atoms with E-state index in [-0.39, 0.29) is 24.5 Å². The molecular formula is C25H26ClN3O5. The van der Waals surface area contributed by atoms with Crippen LogP contribution in [-0.4, -0.2) is 79.8 Å². The predicted molar refractivity (Wildman–Crippen MR) is 124 cm³/mol. The molecule has 178 valence electrons. The molecule has 5 rings (SSSR count). The molecule has 3 atom stereocenters. The number of benzene rings is 2. The Bertz CT molecular complexity index is 1150. The van der Waals surface area contributed by atoms with Crippen molar-refractivity contribution in [3.63, 3.8) is 0 Å². The van der Waals surface area contributed by atoms with Gasteiger partial charge in [-0.1, -0.05) is 17.7 Å². The molecule has 0 spiro atoms. The monoisotopic (exact) mass is 483 g/mol. The van der Waals surface area contributed by atoms with E-state index in [9.17, 15) is 15.2 Å². The summed E-state index contributed by atoms with van der Waals surface area (Å²) in [6, 6.07) is 11.2. The SMILES string of the molecule is COc1cc(C(O)CN2CCN3C[C@@H](c4ccc5c(c4)OCC5=O)OC[C@@H]3C2)c(Cl)cc1C#N. The molecule has 8 nitrogen and oxygen atoms in total. The molecular weight excluding hydrogens is 458 g/mol. The fourth-order valence-corrected chi connectivity index (χ4v) is 5.24. The molecule has 3 aliphatic rings. The van der Waals surface area contributed by atoms with Gasteiger partial charge in [0.25, 0.3) is 0 Å². The van der Waals surface area contributed by atoms with Gasteiger partial charge in [-0.3, -0.25) is 14.6 Å². The fraction of sp³-hybridized carbons (Fsp3) is 0.440. The zero-order chi connectivity index (χ0) is 23.8. The summed E-state index contributed by atoms with van der Waals surface area (Å²) in [5, 5.41) is 20.5. The van der Waals surface area contributed by atoms with E-state index in [0.29, 0.717) is 46.4 Å². The summed E-state index contributed by atoms with van der Waals surface area (Å²) in [5.74, 6) is 1.06. The number of carbonyl (C=O) groups is 1. The van der Waals surface area contributed by atoms with Crippen LogP contribution in [-0.2, 0) is 4.74 Å². The van der Waals surface area contributed by atoms with Crippen molar-refractivity contribution in [2.24, 2.45) is 0 Å². The topological polar surface area (TPSA) is 95.3 Å². The second-order valence-corrected chi connectivity index (χ2v) is 9.31. The second-order valence-electron chi connectivity index (χ2n) is 8.90. The van der Waals surface area contributed by atoms with Gasteiger partial charge >= 0.3 is 0 Å². The maximum atomic E-state index is 11.8. The van der Waals surface area contributed by atoms with Gasteiger partial charge in [-0.2, -0.15) is 5.26 Å². The first-order chi connectivity index (χ1) is 16.5. The number of morpholine rings is 1. The van der Waals surface area contributed by atoms with Crippen LogP contribution in [0.4, 0.5) is 0 Å². The van der Waals surface area contributed by atoms with E-state index in [1.807, 2.05) is 18.2 Å². The number of ketones is 1. The van der Waals surface area contributed by atoms with E-state index in [2.05, 4.69) is 15.9 Å². The van der Waals surface area contributed by atoms with Crippen molar-refractivity contribution in [3.05, 3.63) is 57.6 Å². The van der Waals surface area contributed by atoms with E-state index in [4.69, 9.17) is 25.8 Å². The standard InChI is InChI=1S/C25H26ClN3O5/c1-32-23-8-19(20(26)6-16(23)9-27)21(30)11-28-4-5-29-12-25(33-13-17(29)10-28)15-2-3-18-22(31)14-34-24(18)7-15/h2-3,6-8,17,21,25,30H,4-5,10-14H2,1H3/t17-,21?,25-/m0/s1. The van der Waals surface area contributed by atoms with Gasteiger partial charge in [-0.05, 0) is 29.8 Å². The summed E-state index contributed by atoms with van der Waals surface area (Å²) in [6.07, 6.45) is -0.866. The number of hydrogen-bond acceptors (Lipinski definition) is 8. The van der Waals surface area contributed by atoms with Crippen LogP contribution in [0.5, 0.6) is 11.5 Å². The molecule has 0 aliphatic carbocycles. The van der Waals surface area contributed by atoms with Crippen molar-refractivity contribution in [2.75, 3.05) is 53.0 Å². The molecule has 0 radical (unpaired) electrons. The highest BCUT2D eigenvalue weighted by atomic mass is 35.5. The van der Waals surface area contributed by atoms with Crippen LogP contribution < -0.4 is 9.47 Å². The Morgan fingerprint density at radius 1 is 1.29 bits per heavy atom. The van der Waals surface area contributed by atoms with Crippen LogP contribution in [0.25, 0.3) is 0 Å². The van der Waals surface area contributed by atoms with Crippen LogP contribution >= 0.6 is 11.6 Å². The van der Waals surface area contributed by atoms with E-state index < -0.39 is 6.10 Å². The molecule has 0 amide bonds. The number of hydrogen-bond donors (Lipinski definition) is 1. The summed E-state index contributed by atoms with van der Waals surface area (Å²) in [4.78, 5) is 16.4. The summed E-state index contributed by atoms with van der Waals surface area (Å²) in [7, 11) is 1.49. The lowest BCUT2D eigenvalue weighted by Gasteiger charge is -2.46. The number of ether oxygens (including phenoxy) is 3. The number of nitriles is 1. The minimum atomic E-state index is -0.799. The number of rotatable bonds is 5. The molecule has 9 heteroatoms. The third-order valence-corrected chi connectivity index (χ3v) is 7.17. The molecule has 1 unspecified atom stereocenters. The largest absolute Gasteiger partial charge is 0.495 e. The van der Waals surface area contributed by atoms with E-state index in [0.717, 1.165) is 31.7 Å². The number of halogens is 1. The van der Waals surface area contributed by atoms with Gasteiger partial charge in [-0.15, -0.1) is 0 Å². The molecule has 1 N–H and O–H groups in total. The van der Waals surface area contributed by atoms with E-state index in [1.54, 1.807) is 6.07 Å². The first-order valence-corrected chi connectivity index (χ1v) is 11.7. The average molecular weight is 484 g/mol. The summed E-state index contributed by atoms with van der Waals surface area (Å²) >= 11 is 6.34. The third kappa shape index (κ3) is 4.38. The number of piperazine rings is 1. The Morgan fingerprint density at radius 2 is 2.15 bits per heavy atom. The summed E-state index contributed by atoms with van der Waals surface area (Å²) in [5.41, 5.74) is 2.56. The van der Waals surface area contributed by atoms with Gasteiger partial charge in [-0.25, -0.2) is 0 Å². The van der Waals surface area contributed by atoms with Crippen LogP contribution in [0, 0.1) is 11.3 Å². The highest BCUT2D eigenvalue weighted by Crippen LogP contribution is 2.34. The van der Waals surface area contributed by atoms with Crippen LogP contribution in [0.3, 0.4) is 0 Å². The highest BCUT2D eigenvalue weighted by molar-refractivity contribution is 6.31. The van der Waals surface area contributed by atoms with Gasteiger partial charge in [0.05, 0.1) is 37.1 Å². The molecule has 0 aromatic heterocycles. The molecule has 2 fully saturated rings. The summed E-state index contributed by atoms with van der Waals surface area (Å²) in [6.45, 7) is 4.34. The maximum Gasteiger partial charge on any atom is 0.203 e. The first kappa shape index (κ1) is 23.1. The highest BCUT2D eigenvalue weighted by Gasteiger charge is 2.35. The Morgan fingerprint density at radius 3 is 2.94 bits per heavy atom. The van der Waals surface area contributed by atoms with Crippen LogP contribution in [0.1, 0.15) is 39.3 Å². The second kappa shape index (κ2) is 9.53. The van der Waals surface area contributed by atoms with Gasteiger partial charge in [0.2, 0.25) is 5.78 Å². The normalized spacial score (nSPS) is 23.5. The molecule has 0 saturated carbocycles. The smallest absolute Gasteiger partial charge is 0.203 e. The number of nitrogens with zero attached hydrogens (tertiary/aromatic N) is 3. The minimum absolute atomic E-state index is 0.0187. The maximum absolute atomic E-state index is 11.8. The molecule has 2 saturated heterocycles. The van der Waals surface area contributed by atoms with Crippen molar-refractivity contribution in [1.82, 2.24) is 9.80 Å². The van der Waals surface area contributed by atoms with Crippen molar-refractivity contribution >= 4 is 17.4 Å². The molecule has 3 heterocycles. The molecule has 0 bridgehead atoms. The van der Waals surface area contributed by atoms with Gasteiger partial charge < -0.3 is 19.3 Å². The van der Waals surface area contributed by atoms with E-state index in [1.165, 1.54) is 13.2 Å². The molecule has 3 aliphatic heterocycles. The van der Waals surface area contributed by atoms with E-state index >= 15 is 0 Å². The number of methoxy groups -OCH3 is 1. The number of aliphatic hydroxyl groups excluding tert-OH is 1. The lowest BCUT2D eigenvalue weighted by molar-refractivity contribution is -0.0937. The first-order valence-electron chi connectivity index (χ1n) is 11.3. The Balaban J connectivity index is 1.20. The Hall–Kier alpha value is -2.67. The van der Waals surface area contributed by atoms with Crippen molar-refractivity contribution in [2.45, 2.75) is 18.2 Å².